The zero-order chi connectivity index (χ0) is 18.9. The molecule has 0 N–H and O–H groups in total. The van der Waals surface area contributed by atoms with Crippen LogP contribution in [0.5, 0.6) is 0 Å². The van der Waals surface area contributed by atoms with Crippen molar-refractivity contribution in [1.29, 1.82) is 0 Å². The number of imide groups is 1. The zero-order valence-corrected chi connectivity index (χ0v) is 9.96. The van der Waals surface area contributed by atoms with Crippen LogP contribution in [0.3, 0.4) is 0 Å². The minimum Gasteiger partial charge on any atom is -0.291 e. The standard InChI is InChI=1S/C13H18FNO3/c1-2-3-4-5-6-7-12(17)15-9-10(14)11(16)8-13(15)18/h9H,2-8H2,1H3/i2D2,3D2,4D2. The van der Waals surface area contributed by atoms with Crippen LogP contribution in [0.25, 0.3) is 0 Å². The first-order chi connectivity index (χ1) is 10.7. The molecule has 0 saturated heterocycles. The van der Waals surface area contributed by atoms with Gasteiger partial charge in [-0.1, -0.05) is 32.5 Å². The third-order valence-corrected chi connectivity index (χ3v) is 2.26. The van der Waals surface area contributed by atoms with E-state index in [9.17, 15) is 18.8 Å². The highest BCUT2D eigenvalue weighted by Gasteiger charge is 2.29. The van der Waals surface area contributed by atoms with Crippen LogP contribution < -0.4 is 0 Å². The average molecular weight is 261 g/mol. The Morgan fingerprint density at radius 2 is 2.17 bits per heavy atom. The van der Waals surface area contributed by atoms with Crippen molar-refractivity contribution in [3.63, 3.8) is 0 Å². The summed E-state index contributed by atoms with van der Waals surface area (Å²) in [6, 6.07) is 0. The van der Waals surface area contributed by atoms with Crippen LogP contribution in [-0.4, -0.2) is 22.5 Å². The molecule has 0 aromatic heterocycles. The lowest BCUT2D eigenvalue weighted by molar-refractivity contribution is -0.143. The van der Waals surface area contributed by atoms with Gasteiger partial charge in [-0.05, 0) is 6.42 Å². The topological polar surface area (TPSA) is 54.5 Å². The van der Waals surface area contributed by atoms with Gasteiger partial charge in [-0.25, -0.2) is 4.39 Å². The lowest BCUT2D eigenvalue weighted by Gasteiger charge is -2.19. The highest BCUT2D eigenvalue weighted by Crippen LogP contribution is 2.16. The van der Waals surface area contributed by atoms with E-state index in [2.05, 4.69) is 0 Å². The van der Waals surface area contributed by atoms with Crippen molar-refractivity contribution >= 4 is 17.6 Å². The Morgan fingerprint density at radius 3 is 2.83 bits per heavy atom. The van der Waals surface area contributed by atoms with Crippen LogP contribution in [-0.2, 0) is 14.4 Å². The number of hydrogen-bond donors (Lipinski definition) is 0. The Morgan fingerprint density at radius 1 is 1.44 bits per heavy atom. The summed E-state index contributed by atoms with van der Waals surface area (Å²) in [6.45, 7) is 0.924. The monoisotopic (exact) mass is 261 g/mol. The number of allylic oxidation sites excluding steroid dienone is 1. The summed E-state index contributed by atoms with van der Waals surface area (Å²) in [5.74, 6) is -3.94. The summed E-state index contributed by atoms with van der Waals surface area (Å²) in [5.41, 5.74) is 0. The highest BCUT2D eigenvalue weighted by atomic mass is 19.1. The minimum absolute atomic E-state index is 0.172. The van der Waals surface area contributed by atoms with Crippen LogP contribution in [0.1, 0.15) is 60.0 Å². The second-order valence-corrected chi connectivity index (χ2v) is 3.64. The molecule has 1 heterocycles. The van der Waals surface area contributed by atoms with Gasteiger partial charge in [0.15, 0.2) is 5.83 Å². The van der Waals surface area contributed by atoms with Crippen LogP contribution >= 0.6 is 0 Å². The molecule has 0 aromatic rings. The van der Waals surface area contributed by atoms with Crippen molar-refractivity contribution in [2.24, 2.45) is 0 Å². The van der Waals surface area contributed by atoms with Crippen molar-refractivity contribution in [2.45, 2.75) is 51.7 Å². The van der Waals surface area contributed by atoms with Crippen molar-refractivity contribution in [1.82, 2.24) is 4.90 Å². The van der Waals surface area contributed by atoms with Gasteiger partial charge in [0.25, 0.3) is 0 Å². The summed E-state index contributed by atoms with van der Waals surface area (Å²) in [6.07, 6.45) is -9.04. The number of nitrogens with zero attached hydrogens (tertiary/aromatic N) is 1. The Balaban J connectivity index is 2.69. The van der Waals surface area contributed by atoms with Gasteiger partial charge >= 0.3 is 0 Å². The number of carbonyl (C=O) groups is 3. The van der Waals surface area contributed by atoms with Gasteiger partial charge in [0, 0.05) is 14.6 Å². The molecule has 0 unspecified atom stereocenters. The van der Waals surface area contributed by atoms with Gasteiger partial charge in [-0.15, -0.1) is 0 Å². The smallest absolute Gasteiger partial charge is 0.241 e. The maximum absolute atomic E-state index is 13.2. The number of hydrogen-bond acceptors (Lipinski definition) is 3. The maximum atomic E-state index is 13.2. The molecule has 100 valence electrons. The molecule has 0 radical (unpaired) electrons. The summed E-state index contributed by atoms with van der Waals surface area (Å²) >= 11 is 0. The Labute approximate surface area is 114 Å². The second kappa shape index (κ2) is 7.03. The van der Waals surface area contributed by atoms with Crippen LogP contribution in [0.15, 0.2) is 12.0 Å². The van der Waals surface area contributed by atoms with Gasteiger partial charge in [-0.3, -0.25) is 19.3 Å². The Kier molecular flexibility index (Phi) is 3.05. The van der Waals surface area contributed by atoms with Crippen molar-refractivity contribution in [3.05, 3.63) is 12.0 Å². The summed E-state index contributed by atoms with van der Waals surface area (Å²) in [7, 11) is 0. The first kappa shape index (κ1) is 7.81. The van der Waals surface area contributed by atoms with E-state index in [0.29, 0.717) is 11.1 Å². The molecule has 0 atom stereocenters. The highest BCUT2D eigenvalue weighted by molar-refractivity contribution is 6.13. The largest absolute Gasteiger partial charge is 0.291 e. The third kappa shape index (κ3) is 4.05. The van der Waals surface area contributed by atoms with Crippen molar-refractivity contribution in [2.75, 3.05) is 0 Å². The van der Waals surface area contributed by atoms with E-state index in [0.717, 1.165) is 6.92 Å². The SMILES string of the molecule is [2H]C([2H])(C)C([2H])([2H])C([2H])([2H])CCCC(=O)N1C=C(F)C(=O)CC1=O. The molecule has 4 nitrogen and oxygen atoms in total. The van der Waals surface area contributed by atoms with E-state index in [1.807, 2.05) is 0 Å². The summed E-state index contributed by atoms with van der Waals surface area (Å²) < 4.78 is 58.6. The number of ketones is 1. The normalized spacial score (nSPS) is 23.2. The summed E-state index contributed by atoms with van der Waals surface area (Å²) in [4.78, 5) is 34.9. The Bertz CT molecular complexity index is 585. The number of carbonyl (C=O) groups excluding carboxylic acids is 3. The van der Waals surface area contributed by atoms with E-state index >= 15 is 0 Å². The first-order valence-corrected chi connectivity index (χ1v) is 5.46. The number of Topliss-reactive ketones (excluding diaryl/α,β-unsaturated/α-hetero) is 1. The lowest BCUT2D eigenvalue weighted by Crippen LogP contribution is -2.37. The van der Waals surface area contributed by atoms with Crippen molar-refractivity contribution < 1.29 is 27.0 Å². The van der Waals surface area contributed by atoms with E-state index < -0.39 is 55.4 Å². The minimum atomic E-state index is -2.79. The zero-order valence-electron chi connectivity index (χ0n) is 16.0. The maximum Gasteiger partial charge on any atom is 0.241 e. The van der Waals surface area contributed by atoms with Crippen molar-refractivity contribution in [3.8, 4) is 0 Å². The second-order valence-electron chi connectivity index (χ2n) is 3.64. The fraction of sp³-hybridized carbons (Fsp3) is 0.615. The molecule has 1 aliphatic heterocycles. The fourth-order valence-corrected chi connectivity index (χ4v) is 1.37. The third-order valence-electron chi connectivity index (χ3n) is 2.26. The predicted molar refractivity (Wildman–Crippen MR) is 64.0 cm³/mol. The molecule has 5 heteroatoms. The van der Waals surface area contributed by atoms with Crippen LogP contribution in [0, 0.1) is 0 Å². The molecule has 0 bridgehead atoms. The van der Waals surface area contributed by atoms with Crippen LogP contribution in [0.2, 0.25) is 0 Å². The van der Waals surface area contributed by atoms with E-state index in [1.54, 1.807) is 0 Å². The summed E-state index contributed by atoms with van der Waals surface area (Å²) in [5, 5.41) is 0. The number of amides is 2. The molecule has 0 aliphatic carbocycles. The molecule has 2 amide bonds. The van der Waals surface area contributed by atoms with Crippen LogP contribution in [0.4, 0.5) is 4.39 Å². The lowest BCUT2D eigenvalue weighted by atomic mass is 10.1. The molecular weight excluding hydrogens is 237 g/mol. The molecule has 0 fully saturated rings. The molecule has 0 aromatic carbocycles. The Hall–Kier alpha value is -1.52. The van der Waals surface area contributed by atoms with Gasteiger partial charge < -0.3 is 0 Å². The molecule has 0 saturated carbocycles. The molecule has 0 spiro atoms. The first-order valence-electron chi connectivity index (χ1n) is 8.46. The van der Waals surface area contributed by atoms with Gasteiger partial charge in [0.05, 0.1) is 12.6 Å². The predicted octanol–water partition coefficient (Wildman–Crippen LogP) is 2.49. The van der Waals surface area contributed by atoms with E-state index in [1.165, 1.54) is 0 Å². The van der Waals surface area contributed by atoms with Gasteiger partial charge in [0.1, 0.15) is 0 Å². The molecule has 1 rings (SSSR count). The number of halogens is 1. The molecular formula is C13H18FNO3. The van der Waals surface area contributed by atoms with Gasteiger partial charge in [0.2, 0.25) is 17.6 Å². The fourth-order valence-electron chi connectivity index (χ4n) is 1.37. The molecule has 18 heavy (non-hydrogen) atoms. The quantitative estimate of drug-likeness (QED) is 0.690. The van der Waals surface area contributed by atoms with Gasteiger partial charge in [-0.2, -0.15) is 0 Å². The molecule has 1 aliphatic rings. The average Bonchev–Trinajstić information content (AvgIpc) is 2.41. The van der Waals surface area contributed by atoms with E-state index in [-0.39, 0.29) is 12.8 Å². The number of rotatable bonds is 6. The van der Waals surface area contributed by atoms with E-state index in [4.69, 9.17) is 8.22 Å².